The Morgan fingerprint density at radius 3 is 2.49 bits per heavy atom. The zero-order valence-corrected chi connectivity index (χ0v) is 21.4. The van der Waals surface area contributed by atoms with Crippen LogP contribution >= 0.6 is 11.3 Å². The van der Waals surface area contributed by atoms with E-state index < -0.39 is 15.9 Å². The van der Waals surface area contributed by atoms with Crippen LogP contribution in [0.4, 0.5) is 9.93 Å². The number of benzene rings is 1. The monoisotopic (exact) mass is 521 g/mol. The summed E-state index contributed by atoms with van der Waals surface area (Å²) in [7, 11) is -3.47. The summed E-state index contributed by atoms with van der Waals surface area (Å²) in [4.78, 5) is 28.8. The van der Waals surface area contributed by atoms with Gasteiger partial charge in [0, 0.05) is 38.0 Å². The largest absolute Gasteiger partial charge is 0.494 e. The maximum Gasteiger partial charge on any atom is 0.323 e. The van der Waals surface area contributed by atoms with Crippen LogP contribution in [0.1, 0.15) is 48.9 Å². The summed E-state index contributed by atoms with van der Waals surface area (Å²) >= 11 is 0.804. The van der Waals surface area contributed by atoms with Crippen molar-refractivity contribution in [1.82, 2.24) is 20.0 Å². The summed E-state index contributed by atoms with van der Waals surface area (Å²) in [6, 6.07) is 6.88. The molecular weight excluding hydrogens is 490 g/mol. The van der Waals surface area contributed by atoms with E-state index in [4.69, 9.17) is 4.74 Å². The summed E-state index contributed by atoms with van der Waals surface area (Å²) in [5.74, 6) is 1.36. The molecule has 2 heterocycles. The second kappa shape index (κ2) is 11.3. The van der Waals surface area contributed by atoms with Gasteiger partial charge in [0.25, 0.3) is 5.91 Å². The Balaban J connectivity index is 1.25. The van der Waals surface area contributed by atoms with E-state index in [1.165, 1.54) is 32.1 Å². The molecule has 1 aliphatic heterocycles. The number of urea groups is 1. The van der Waals surface area contributed by atoms with E-state index in [1.807, 2.05) is 12.1 Å². The number of aromatic nitrogens is 2. The fraction of sp³-hybridized carbons (Fsp3) is 0.565. The molecule has 0 spiro atoms. The van der Waals surface area contributed by atoms with Crippen molar-refractivity contribution in [2.45, 2.75) is 42.9 Å². The first-order valence-corrected chi connectivity index (χ1v) is 14.6. The molecule has 190 valence electrons. The zero-order valence-electron chi connectivity index (χ0n) is 19.8. The van der Waals surface area contributed by atoms with Crippen LogP contribution in [-0.2, 0) is 9.84 Å². The Morgan fingerprint density at radius 2 is 1.80 bits per heavy atom. The standard InChI is InChI=1S/C23H31N5O5S2/c1-35(31,32)23-26-25-21(34-23)24-22(30)28-13-11-27(12-14-28)20(29)18-8-5-9-19(16-18)33-15-10-17-6-3-2-4-7-17/h5,8-9,16-17H,2-4,6-7,10-15H2,1H3,(H,24,25,30). The first kappa shape index (κ1) is 25.4. The smallest absolute Gasteiger partial charge is 0.323 e. The fourth-order valence-corrected chi connectivity index (χ4v) is 5.91. The Kier molecular flexibility index (Phi) is 8.22. The van der Waals surface area contributed by atoms with E-state index in [9.17, 15) is 18.0 Å². The van der Waals surface area contributed by atoms with E-state index in [-0.39, 0.29) is 15.4 Å². The highest BCUT2D eigenvalue weighted by molar-refractivity contribution is 7.92. The van der Waals surface area contributed by atoms with Crippen LogP contribution in [0.15, 0.2) is 28.6 Å². The molecule has 1 saturated heterocycles. The number of anilines is 1. The Morgan fingerprint density at radius 1 is 1.09 bits per heavy atom. The number of nitrogens with zero attached hydrogens (tertiary/aromatic N) is 4. The second-order valence-electron chi connectivity index (χ2n) is 9.02. The van der Waals surface area contributed by atoms with Crippen molar-refractivity contribution in [3.63, 3.8) is 0 Å². The lowest BCUT2D eigenvalue weighted by Crippen LogP contribution is -2.51. The van der Waals surface area contributed by atoms with Gasteiger partial charge < -0.3 is 14.5 Å². The Labute approximate surface area is 209 Å². The molecule has 1 aliphatic carbocycles. The maximum absolute atomic E-state index is 13.0. The van der Waals surface area contributed by atoms with Crippen molar-refractivity contribution in [2.24, 2.45) is 5.92 Å². The van der Waals surface area contributed by atoms with Gasteiger partial charge in [0.15, 0.2) is 0 Å². The van der Waals surface area contributed by atoms with E-state index in [0.29, 0.717) is 44.1 Å². The molecule has 0 bridgehead atoms. The molecule has 10 nitrogen and oxygen atoms in total. The molecule has 2 aliphatic rings. The minimum Gasteiger partial charge on any atom is -0.494 e. The first-order valence-electron chi connectivity index (χ1n) is 11.9. The molecule has 1 aromatic carbocycles. The molecule has 4 rings (SSSR count). The lowest BCUT2D eigenvalue weighted by Gasteiger charge is -2.34. The minimum absolute atomic E-state index is 0.0929. The topological polar surface area (TPSA) is 122 Å². The molecule has 0 atom stereocenters. The van der Waals surface area contributed by atoms with Gasteiger partial charge in [0.1, 0.15) is 5.75 Å². The number of carbonyl (C=O) groups excluding carboxylic acids is 2. The van der Waals surface area contributed by atoms with Gasteiger partial charge in [0.05, 0.1) is 6.61 Å². The zero-order chi connectivity index (χ0) is 24.8. The van der Waals surface area contributed by atoms with Gasteiger partial charge in [-0.25, -0.2) is 13.2 Å². The molecule has 1 N–H and O–H groups in total. The van der Waals surface area contributed by atoms with Crippen LogP contribution in [0.25, 0.3) is 0 Å². The van der Waals surface area contributed by atoms with Gasteiger partial charge in [-0.3, -0.25) is 10.1 Å². The summed E-state index contributed by atoms with van der Waals surface area (Å²) in [6.07, 6.45) is 8.63. The minimum atomic E-state index is -3.47. The highest BCUT2D eigenvalue weighted by Gasteiger charge is 2.26. The summed E-state index contributed by atoms with van der Waals surface area (Å²) < 4.78 is 28.8. The predicted octanol–water partition coefficient (Wildman–Crippen LogP) is 3.28. The van der Waals surface area contributed by atoms with Crippen molar-refractivity contribution in [3.05, 3.63) is 29.8 Å². The van der Waals surface area contributed by atoms with Crippen molar-refractivity contribution < 1.29 is 22.7 Å². The number of rotatable bonds is 7. The number of carbonyl (C=O) groups is 2. The normalized spacial score (nSPS) is 17.3. The summed E-state index contributed by atoms with van der Waals surface area (Å²) in [6.45, 7) is 2.16. The van der Waals surface area contributed by atoms with Crippen molar-refractivity contribution in [2.75, 3.05) is 44.4 Å². The number of amides is 3. The maximum atomic E-state index is 13.0. The third kappa shape index (κ3) is 6.91. The lowest BCUT2D eigenvalue weighted by molar-refractivity contribution is 0.0671. The van der Waals surface area contributed by atoms with Crippen molar-refractivity contribution >= 4 is 38.2 Å². The van der Waals surface area contributed by atoms with Gasteiger partial charge in [0.2, 0.25) is 19.3 Å². The first-order chi connectivity index (χ1) is 16.8. The van der Waals surface area contributed by atoms with Crippen LogP contribution in [0.2, 0.25) is 0 Å². The highest BCUT2D eigenvalue weighted by atomic mass is 32.2. The van der Waals surface area contributed by atoms with E-state index in [0.717, 1.165) is 29.9 Å². The number of piperazine rings is 1. The quantitative estimate of drug-likeness (QED) is 0.555. The molecule has 2 aromatic rings. The molecular formula is C23H31N5O5S2. The number of ether oxygens (including phenoxy) is 1. The molecule has 0 radical (unpaired) electrons. The lowest BCUT2D eigenvalue weighted by atomic mass is 9.87. The molecule has 0 unspecified atom stereocenters. The molecule has 2 fully saturated rings. The van der Waals surface area contributed by atoms with Crippen molar-refractivity contribution in [1.29, 1.82) is 0 Å². The van der Waals surface area contributed by atoms with Gasteiger partial charge >= 0.3 is 6.03 Å². The van der Waals surface area contributed by atoms with Crippen LogP contribution in [0.3, 0.4) is 0 Å². The van der Waals surface area contributed by atoms with Crippen LogP contribution in [-0.4, -0.2) is 79.4 Å². The van der Waals surface area contributed by atoms with Crippen LogP contribution in [0.5, 0.6) is 5.75 Å². The van der Waals surface area contributed by atoms with E-state index in [2.05, 4.69) is 15.5 Å². The average molecular weight is 522 g/mol. The van der Waals surface area contributed by atoms with Crippen LogP contribution < -0.4 is 10.1 Å². The molecule has 35 heavy (non-hydrogen) atoms. The summed E-state index contributed by atoms with van der Waals surface area (Å²) in [5, 5.41) is 10.00. The average Bonchev–Trinajstić information content (AvgIpc) is 3.34. The molecule has 3 amide bonds. The van der Waals surface area contributed by atoms with Crippen molar-refractivity contribution in [3.8, 4) is 5.75 Å². The molecule has 12 heteroatoms. The summed E-state index contributed by atoms with van der Waals surface area (Å²) in [5.41, 5.74) is 0.570. The third-order valence-electron chi connectivity index (χ3n) is 6.39. The van der Waals surface area contributed by atoms with Gasteiger partial charge in [-0.15, -0.1) is 10.2 Å². The molecule has 1 saturated carbocycles. The third-order valence-corrected chi connectivity index (χ3v) is 8.90. The fourth-order valence-electron chi connectivity index (χ4n) is 4.41. The Hall–Kier alpha value is -2.73. The number of sulfone groups is 1. The number of nitrogens with one attached hydrogen (secondary N) is 1. The number of hydrogen-bond donors (Lipinski definition) is 1. The molecule has 1 aromatic heterocycles. The Bertz CT molecular complexity index is 1140. The van der Waals surface area contributed by atoms with Gasteiger partial charge in [-0.05, 0) is 30.5 Å². The van der Waals surface area contributed by atoms with E-state index >= 15 is 0 Å². The predicted molar refractivity (Wildman–Crippen MR) is 133 cm³/mol. The van der Waals surface area contributed by atoms with Gasteiger partial charge in [-0.1, -0.05) is 49.5 Å². The van der Waals surface area contributed by atoms with Gasteiger partial charge in [-0.2, -0.15) is 0 Å². The number of hydrogen-bond acceptors (Lipinski definition) is 8. The van der Waals surface area contributed by atoms with E-state index in [1.54, 1.807) is 21.9 Å². The highest BCUT2D eigenvalue weighted by Crippen LogP contribution is 2.27. The SMILES string of the molecule is CS(=O)(=O)c1nnc(NC(=O)N2CCN(C(=O)c3cccc(OCCC4CCCCC4)c3)CC2)s1. The second-order valence-corrected chi connectivity index (χ2v) is 12.2. The van der Waals surface area contributed by atoms with Crippen LogP contribution in [0, 0.1) is 5.92 Å².